The van der Waals surface area contributed by atoms with Crippen LogP contribution in [0.2, 0.25) is 0 Å². The van der Waals surface area contributed by atoms with Crippen LogP contribution in [0.15, 0.2) is 23.2 Å². The van der Waals surface area contributed by atoms with Gasteiger partial charge in [0.05, 0.1) is 24.2 Å². The van der Waals surface area contributed by atoms with Crippen molar-refractivity contribution in [2.24, 2.45) is 10.7 Å². The van der Waals surface area contributed by atoms with Gasteiger partial charge in [-0.05, 0) is 31.9 Å². The Morgan fingerprint density at radius 1 is 1.27 bits per heavy atom. The van der Waals surface area contributed by atoms with E-state index in [1.54, 1.807) is 7.11 Å². The number of fused-ring (bicyclic) bond motifs is 1. The highest BCUT2D eigenvalue weighted by Gasteiger charge is 2.26. The molecule has 5 N–H and O–H groups in total. The Hall–Kier alpha value is -3.05. The van der Waals surface area contributed by atoms with Crippen molar-refractivity contribution in [2.45, 2.75) is 44.7 Å². The van der Waals surface area contributed by atoms with Crippen LogP contribution in [0.25, 0.3) is 10.9 Å². The van der Waals surface area contributed by atoms with Gasteiger partial charge in [-0.15, -0.1) is 0 Å². The van der Waals surface area contributed by atoms with Gasteiger partial charge in [-0.2, -0.15) is 0 Å². The third kappa shape index (κ3) is 6.96. The number of ether oxygens (including phenoxy) is 1. The van der Waals surface area contributed by atoms with Crippen LogP contribution in [0.5, 0.6) is 0 Å². The number of methoxy groups -OCH3 is 1. The number of hydroxylamine groups is 1. The summed E-state index contributed by atoms with van der Waals surface area (Å²) >= 11 is 0. The molecule has 1 aliphatic rings. The number of guanidine groups is 1. The maximum absolute atomic E-state index is 12.6. The fourth-order valence-electron chi connectivity index (χ4n) is 3.78. The fourth-order valence-corrected chi connectivity index (χ4v) is 3.78. The van der Waals surface area contributed by atoms with Crippen LogP contribution in [0.1, 0.15) is 41.9 Å². The summed E-state index contributed by atoms with van der Waals surface area (Å²) in [6, 6.07) is 5.64. The van der Waals surface area contributed by atoms with Crippen LogP contribution >= 0.6 is 0 Å². The molecule has 11 heteroatoms. The van der Waals surface area contributed by atoms with Gasteiger partial charge in [0, 0.05) is 19.0 Å². The highest BCUT2D eigenvalue weighted by molar-refractivity contribution is 5.96. The second-order valence-electron chi connectivity index (χ2n) is 7.92. The van der Waals surface area contributed by atoms with Crippen molar-refractivity contribution >= 4 is 28.6 Å². The molecule has 3 rings (SSSR count). The second kappa shape index (κ2) is 12.3. The highest BCUT2D eigenvalue weighted by atomic mass is 19.1. The zero-order valence-electron chi connectivity index (χ0n) is 19.1. The standard InChI is InChI=1S/C22H32FN7O3/c1-14-7-8-16-15(13-14)19(29-20(26-16)21(31)25-10-12-32-2)27-17-5-3-4-6-18(17)28-22(24)30-33-11-9-23/h7-8,13,17-18H,3-6,9-12H2,1-2H3,(H,25,31)(H3,24,28,30)(H,26,27,29)/t17-,18+/m0/s1. The van der Waals surface area contributed by atoms with E-state index in [1.165, 1.54) is 0 Å². The number of aryl methyl sites for hydroxylation is 1. The lowest BCUT2D eigenvalue weighted by Crippen LogP contribution is -2.40. The van der Waals surface area contributed by atoms with E-state index in [-0.39, 0.29) is 36.4 Å². The van der Waals surface area contributed by atoms with Gasteiger partial charge < -0.3 is 21.1 Å². The molecule has 1 aliphatic carbocycles. The number of aliphatic imine (C=N–C) groups is 1. The quantitative estimate of drug-likeness (QED) is 0.182. The number of benzene rings is 1. The van der Waals surface area contributed by atoms with Crippen molar-refractivity contribution < 1.29 is 18.8 Å². The lowest BCUT2D eigenvalue weighted by molar-refractivity contribution is 0.0721. The predicted octanol–water partition coefficient (Wildman–Crippen LogP) is 1.84. The Bertz CT molecular complexity index is 972. The van der Waals surface area contributed by atoms with E-state index in [2.05, 4.69) is 31.1 Å². The first-order valence-corrected chi connectivity index (χ1v) is 11.1. The third-order valence-corrected chi connectivity index (χ3v) is 5.36. The first-order valence-electron chi connectivity index (χ1n) is 11.1. The summed E-state index contributed by atoms with van der Waals surface area (Å²) in [6.07, 6.45) is 3.73. The van der Waals surface area contributed by atoms with Crippen LogP contribution < -0.4 is 21.8 Å². The second-order valence-corrected chi connectivity index (χ2v) is 7.92. The number of hydrogen-bond acceptors (Lipinski definition) is 7. The van der Waals surface area contributed by atoms with Crippen molar-refractivity contribution in [3.63, 3.8) is 0 Å². The molecule has 2 aromatic rings. The van der Waals surface area contributed by atoms with Crippen LogP contribution in [-0.4, -0.2) is 67.5 Å². The van der Waals surface area contributed by atoms with Crippen molar-refractivity contribution in [1.29, 1.82) is 0 Å². The molecule has 0 bridgehead atoms. The Labute approximate surface area is 192 Å². The molecule has 0 radical (unpaired) electrons. The Morgan fingerprint density at radius 2 is 2.09 bits per heavy atom. The summed E-state index contributed by atoms with van der Waals surface area (Å²) in [5, 5.41) is 7.08. The van der Waals surface area contributed by atoms with Gasteiger partial charge in [-0.1, -0.05) is 24.5 Å². The first kappa shape index (κ1) is 24.6. The molecule has 10 nitrogen and oxygen atoms in total. The topological polar surface area (TPSA) is 136 Å². The summed E-state index contributed by atoms with van der Waals surface area (Å²) < 4.78 is 17.2. The van der Waals surface area contributed by atoms with E-state index in [1.807, 2.05) is 25.1 Å². The van der Waals surface area contributed by atoms with E-state index in [4.69, 9.17) is 15.3 Å². The molecule has 33 heavy (non-hydrogen) atoms. The number of alkyl halides is 1. The van der Waals surface area contributed by atoms with Crippen LogP contribution in [-0.2, 0) is 9.57 Å². The average Bonchev–Trinajstić information content (AvgIpc) is 2.80. The smallest absolute Gasteiger partial charge is 0.289 e. The summed E-state index contributed by atoms with van der Waals surface area (Å²) in [5.74, 6) is 0.396. The molecular weight excluding hydrogens is 429 g/mol. The highest BCUT2D eigenvalue weighted by Crippen LogP contribution is 2.28. The van der Waals surface area contributed by atoms with Crippen molar-refractivity contribution in [3.8, 4) is 0 Å². The lowest BCUT2D eigenvalue weighted by Gasteiger charge is -2.30. The van der Waals surface area contributed by atoms with Gasteiger partial charge in [-0.3, -0.25) is 9.63 Å². The van der Waals surface area contributed by atoms with Crippen molar-refractivity contribution in [3.05, 3.63) is 29.6 Å². The number of halogens is 1. The van der Waals surface area contributed by atoms with Crippen LogP contribution in [0.4, 0.5) is 10.2 Å². The maximum atomic E-state index is 12.6. The summed E-state index contributed by atoms with van der Waals surface area (Å²) in [7, 11) is 1.57. The number of carbonyl (C=O) groups is 1. The average molecular weight is 462 g/mol. The molecule has 2 atom stereocenters. The summed E-state index contributed by atoms with van der Waals surface area (Å²) in [6.45, 7) is 2.03. The zero-order valence-corrected chi connectivity index (χ0v) is 19.1. The largest absolute Gasteiger partial charge is 0.383 e. The zero-order chi connectivity index (χ0) is 23.6. The van der Waals surface area contributed by atoms with Crippen molar-refractivity contribution in [1.82, 2.24) is 20.8 Å². The van der Waals surface area contributed by atoms with Gasteiger partial charge in [0.15, 0.2) is 0 Å². The molecular formula is C22H32FN7O3. The molecule has 1 fully saturated rings. The van der Waals surface area contributed by atoms with Gasteiger partial charge in [0.2, 0.25) is 11.8 Å². The van der Waals surface area contributed by atoms with Gasteiger partial charge in [0.25, 0.3) is 5.91 Å². The fraction of sp³-hybridized carbons (Fsp3) is 0.545. The number of amides is 1. The number of nitrogens with one attached hydrogen (secondary N) is 3. The number of hydrogen-bond donors (Lipinski definition) is 4. The van der Waals surface area contributed by atoms with Gasteiger partial charge >= 0.3 is 0 Å². The normalized spacial score (nSPS) is 18.8. The SMILES string of the molecule is COCCNC(=O)c1nc(N[C@H]2CCCC[C@H]2N=C(N)NOCCF)c2cc(C)ccc2n1. The summed E-state index contributed by atoms with van der Waals surface area (Å²) in [4.78, 5) is 31.0. The number of aromatic nitrogens is 2. The van der Waals surface area contributed by atoms with E-state index in [0.717, 1.165) is 36.6 Å². The number of nitrogens with two attached hydrogens (primary N) is 1. The molecule has 1 heterocycles. The molecule has 0 aliphatic heterocycles. The minimum absolute atomic E-state index is 0.0525. The van der Waals surface area contributed by atoms with Crippen molar-refractivity contribution in [2.75, 3.05) is 38.9 Å². The molecule has 0 spiro atoms. The number of nitrogens with zero attached hydrogens (tertiary/aromatic N) is 3. The Morgan fingerprint density at radius 3 is 2.88 bits per heavy atom. The lowest BCUT2D eigenvalue weighted by atomic mass is 9.90. The van der Waals surface area contributed by atoms with E-state index < -0.39 is 6.67 Å². The molecule has 180 valence electrons. The monoisotopic (exact) mass is 461 g/mol. The predicted molar refractivity (Wildman–Crippen MR) is 125 cm³/mol. The van der Waals surface area contributed by atoms with E-state index in [9.17, 15) is 9.18 Å². The molecule has 0 unspecified atom stereocenters. The summed E-state index contributed by atoms with van der Waals surface area (Å²) in [5.41, 5.74) is 10.1. The van der Waals surface area contributed by atoms with E-state index in [0.29, 0.717) is 24.5 Å². The van der Waals surface area contributed by atoms with E-state index >= 15 is 0 Å². The Kier molecular flexibility index (Phi) is 9.14. The molecule has 1 amide bonds. The van der Waals surface area contributed by atoms with Crippen LogP contribution in [0, 0.1) is 6.92 Å². The molecule has 1 saturated carbocycles. The molecule has 1 aromatic heterocycles. The maximum Gasteiger partial charge on any atom is 0.289 e. The minimum atomic E-state index is -0.616. The number of rotatable bonds is 10. The third-order valence-electron chi connectivity index (χ3n) is 5.36. The Balaban J connectivity index is 1.86. The number of carbonyl (C=O) groups excluding carboxylic acids is 1. The minimum Gasteiger partial charge on any atom is -0.383 e. The first-order chi connectivity index (χ1) is 16.0. The molecule has 0 saturated heterocycles. The number of anilines is 1. The van der Waals surface area contributed by atoms with Crippen LogP contribution in [0.3, 0.4) is 0 Å². The van der Waals surface area contributed by atoms with Gasteiger partial charge in [-0.25, -0.2) is 24.8 Å². The molecule has 1 aromatic carbocycles. The van der Waals surface area contributed by atoms with Gasteiger partial charge in [0.1, 0.15) is 19.1 Å².